The van der Waals surface area contributed by atoms with E-state index in [0.717, 1.165) is 29.9 Å². The molecule has 6 heteroatoms. The number of amides is 1. The van der Waals surface area contributed by atoms with Gasteiger partial charge in [-0.3, -0.25) is 4.79 Å². The first kappa shape index (κ1) is 13.4. The average molecular weight is 339 g/mol. The van der Waals surface area contributed by atoms with Crippen molar-refractivity contribution in [2.45, 2.75) is 32.7 Å². The van der Waals surface area contributed by atoms with Crippen LogP contribution in [-0.4, -0.2) is 22.5 Å². The van der Waals surface area contributed by atoms with Crippen LogP contribution in [0, 0.1) is 13.8 Å². The second kappa shape index (κ2) is 5.09. The van der Waals surface area contributed by atoms with Gasteiger partial charge in [0.25, 0.3) is 5.91 Å². The standard InChI is InChI=1S/C14H15BrN2O3/c1-8-6-12(15)19-13(8)14(18)17-5-3-4-10(17)11-7-9(2)16-20-11/h6-7,10H,3-5H2,1-2H3. The van der Waals surface area contributed by atoms with Gasteiger partial charge in [-0.25, -0.2) is 0 Å². The fourth-order valence-corrected chi connectivity index (χ4v) is 3.14. The Morgan fingerprint density at radius 2 is 2.25 bits per heavy atom. The monoisotopic (exact) mass is 338 g/mol. The van der Waals surface area contributed by atoms with Crippen LogP contribution in [0.4, 0.5) is 0 Å². The molecule has 1 fully saturated rings. The van der Waals surface area contributed by atoms with Gasteiger partial charge in [0.15, 0.2) is 16.2 Å². The first-order chi connectivity index (χ1) is 9.56. The Hall–Kier alpha value is -1.56. The number of aryl methyl sites for hydroxylation is 2. The van der Waals surface area contributed by atoms with Gasteiger partial charge in [0, 0.05) is 18.2 Å². The minimum atomic E-state index is -0.0928. The Bertz CT molecular complexity index is 647. The highest BCUT2D eigenvalue weighted by Gasteiger charge is 2.35. The molecular formula is C14H15BrN2O3. The number of nitrogens with zero attached hydrogens (tertiary/aromatic N) is 2. The smallest absolute Gasteiger partial charge is 0.290 e. The molecule has 0 bridgehead atoms. The van der Waals surface area contributed by atoms with E-state index in [0.29, 0.717) is 17.0 Å². The van der Waals surface area contributed by atoms with E-state index >= 15 is 0 Å². The molecule has 0 saturated carbocycles. The molecule has 106 valence electrons. The average Bonchev–Trinajstić information content (AvgIpc) is 3.08. The molecule has 0 spiro atoms. The summed E-state index contributed by atoms with van der Waals surface area (Å²) in [6.45, 7) is 4.45. The molecule has 1 aliphatic rings. The zero-order chi connectivity index (χ0) is 14.3. The van der Waals surface area contributed by atoms with Crippen LogP contribution in [-0.2, 0) is 0 Å². The summed E-state index contributed by atoms with van der Waals surface area (Å²) < 4.78 is 11.3. The third-order valence-electron chi connectivity index (χ3n) is 3.57. The number of hydrogen-bond donors (Lipinski definition) is 0. The van der Waals surface area contributed by atoms with Crippen molar-refractivity contribution in [2.24, 2.45) is 0 Å². The summed E-state index contributed by atoms with van der Waals surface area (Å²) in [5.41, 5.74) is 1.66. The number of aromatic nitrogens is 1. The number of furan rings is 1. The van der Waals surface area contributed by atoms with Crippen LogP contribution in [0.15, 0.2) is 25.7 Å². The van der Waals surface area contributed by atoms with E-state index < -0.39 is 0 Å². The lowest BCUT2D eigenvalue weighted by molar-refractivity contribution is 0.0680. The minimum Gasteiger partial charge on any atom is -0.444 e. The van der Waals surface area contributed by atoms with Gasteiger partial charge in [0.2, 0.25) is 0 Å². The molecule has 0 aliphatic carbocycles. The van der Waals surface area contributed by atoms with Gasteiger partial charge in [-0.05, 0) is 48.7 Å². The molecule has 1 saturated heterocycles. The normalized spacial score (nSPS) is 18.8. The molecule has 5 nitrogen and oxygen atoms in total. The van der Waals surface area contributed by atoms with E-state index in [1.54, 1.807) is 11.0 Å². The summed E-state index contributed by atoms with van der Waals surface area (Å²) in [6.07, 6.45) is 1.85. The van der Waals surface area contributed by atoms with Gasteiger partial charge >= 0.3 is 0 Å². The van der Waals surface area contributed by atoms with Gasteiger partial charge in [-0.1, -0.05) is 5.16 Å². The lowest BCUT2D eigenvalue weighted by Gasteiger charge is -2.21. The summed E-state index contributed by atoms with van der Waals surface area (Å²) in [4.78, 5) is 14.4. The van der Waals surface area contributed by atoms with Crippen molar-refractivity contribution in [3.05, 3.63) is 39.6 Å². The van der Waals surface area contributed by atoms with Gasteiger partial charge in [0.1, 0.15) is 0 Å². The summed E-state index contributed by atoms with van der Waals surface area (Å²) in [5.74, 6) is 1.04. The number of carbonyl (C=O) groups excluding carboxylic acids is 1. The summed E-state index contributed by atoms with van der Waals surface area (Å²) in [7, 11) is 0. The van der Waals surface area contributed by atoms with Gasteiger partial charge in [-0.2, -0.15) is 0 Å². The van der Waals surface area contributed by atoms with E-state index in [1.165, 1.54) is 0 Å². The maximum Gasteiger partial charge on any atom is 0.290 e. The molecular weight excluding hydrogens is 324 g/mol. The molecule has 0 aromatic carbocycles. The van der Waals surface area contributed by atoms with Crippen LogP contribution in [0.3, 0.4) is 0 Å². The van der Waals surface area contributed by atoms with Crippen molar-refractivity contribution in [2.75, 3.05) is 6.54 Å². The Morgan fingerprint density at radius 1 is 1.45 bits per heavy atom. The first-order valence-electron chi connectivity index (χ1n) is 6.56. The Kier molecular flexibility index (Phi) is 3.41. The van der Waals surface area contributed by atoms with Crippen molar-refractivity contribution in [3.63, 3.8) is 0 Å². The van der Waals surface area contributed by atoms with Crippen LogP contribution in [0.5, 0.6) is 0 Å². The lowest BCUT2D eigenvalue weighted by Crippen LogP contribution is -2.30. The van der Waals surface area contributed by atoms with Crippen molar-refractivity contribution in [3.8, 4) is 0 Å². The number of likely N-dealkylation sites (tertiary alicyclic amines) is 1. The van der Waals surface area contributed by atoms with Crippen LogP contribution in [0.25, 0.3) is 0 Å². The molecule has 0 N–H and O–H groups in total. The van der Waals surface area contributed by atoms with Gasteiger partial charge in [0.05, 0.1) is 11.7 Å². The van der Waals surface area contributed by atoms with E-state index in [-0.39, 0.29) is 11.9 Å². The second-order valence-corrected chi connectivity index (χ2v) is 5.87. The molecule has 2 aromatic rings. The molecule has 1 unspecified atom stereocenters. The van der Waals surface area contributed by atoms with Crippen LogP contribution < -0.4 is 0 Å². The van der Waals surface area contributed by atoms with E-state index in [9.17, 15) is 4.79 Å². The summed E-state index contributed by atoms with van der Waals surface area (Å²) in [6, 6.07) is 3.64. The summed E-state index contributed by atoms with van der Waals surface area (Å²) in [5, 5.41) is 3.91. The van der Waals surface area contributed by atoms with Crippen LogP contribution >= 0.6 is 15.9 Å². The molecule has 1 amide bonds. The van der Waals surface area contributed by atoms with Crippen molar-refractivity contribution in [1.82, 2.24) is 10.1 Å². The van der Waals surface area contributed by atoms with E-state index in [1.807, 2.05) is 19.9 Å². The molecule has 1 aliphatic heterocycles. The Morgan fingerprint density at radius 3 is 2.85 bits per heavy atom. The predicted molar refractivity (Wildman–Crippen MR) is 75.4 cm³/mol. The van der Waals surface area contributed by atoms with Crippen molar-refractivity contribution < 1.29 is 13.7 Å². The molecule has 0 radical (unpaired) electrons. The quantitative estimate of drug-likeness (QED) is 0.838. The fourth-order valence-electron chi connectivity index (χ4n) is 2.63. The SMILES string of the molecule is Cc1cc(C2CCCN2C(=O)c2oc(Br)cc2C)on1. The molecule has 1 atom stereocenters. The molecule has 20 heavy (non-hydrogen) atoms. The highest BCUT2D eigenvalue weighted by Crippen LogP contribution is 2.34. The second-order valence-electron chi connectivity index (χ2n) is 5.09. The maximum absolute atomic E-state index is 12.6. The number of carbonyl (C=O) groups is 1. The van der Waals surface area contributed by atoms with E-state index in [4.69, 9.17) is 8.94 Å². The van der Waals surface area contributed by atoms with Crippen LogP contribution in [0.2, 0.25) is 0 Å². The minimum absolute atomic E-state index is 0.0491. The largest absolute Gasteiger partial charge is 0.444 e. The van der Waals surface area contributed by atoms with E-state index in [2.05, 4.69) is 21.1 Å². The third-order valence-corrected chi connectivity index (χ3v) is 3.96. The van der Waals surface area contributed by atoms with Crippen molar-refractivity contribution in [1.29, 1.82) is 0 Å². The highest BCUT2D eigenvalue weighted by atomic mass is 79.9. The Labute approximate surface area is 125 Å². The fraction of sp³-hybridized carbons (Fsp3) is 0.429. The maximum atomic E-state index is 12.6. The summed E-state index contributed by atoms with van der Waals surface area (Å²) >= 11 is 3.26. The zero-order valence-corrected chi connectivity index (χ0v) is 12.9. The number of hydrogen-bond acceptors (Lipinski definition) is 4. The predicted octanol–water partition coefficient (Wildman–Crippen LogP) is 3.62. The zero-order valence-electron chi connectivity index (χ0n) is 11.4. The molecule has 3 rings (SSSR count). The lowest BCUT2D eigenvalue weighted by atomic mass is 10.1. The van der Waals surface area contributed by atoms with Gasteiger partial charge < -0.3 is 13.8 Å². The number of rotatable bonds is 2. The third kappa shape index (κ3) is 2.28. The van der Waals surface area contributed by atoms with Crippen LogP contribution in [0.1, 0.15) is 46.5 Å². The first-order valence-corrected chi connectivity index (χ1v) is 7.35. The van der Waals surface area contributed by atoms with Gasteiger partial charge in [-0.15, -0.1) is 0 Å². The van der Waals surface area contributed by atoms with Crippen molar-refractivity contribution >= 4 is 21.8 Å². The highest BCUT2D eigenvalue weighted by molar-refractivity contribution is 9.10. The topological polar surface area (TPSA) is 59.5 Å². The Balaban J connectivity index is 1.89. The molecule has 3 heterocycles. The molecule has 2 aromatic heterocycles. The number of halogens is 1.